The molecule has 0 saturated heterocycles. The molecule has 1 aromatic carbocycles. The third-order valence-corrected chi connectivity index (χ3v) is 3.78. The fourth-order valence-electron chi connectivity index (χ4n) is 2.37. The first-order chi connectivity index (χ1) is 9.93. The molecule has 2 rings (SSSR count). The Morgan fingerprint density at radius 2 is 2.14 bits per heavy atom. The summed E-state index contributed by atoms with van der Waals surface area (Å²) in [4.78, 5) is 0. The molecule has 21 heavy (non-hydrogen) atoms. The van der Waals surface area contributed by atoms with Gasteiger partial charge in [-0.15, -0.1) is 0 Å². The lowest BCUT2D eigenvalue weighted by Crippen LogP contribution is -2.27. The van der Waals surface area contributed by atoms with Crippen LogP contribution in [-0.4, -0.2) is 13.2 Å². The maximum atomic E-state index is 13.3. The number of hydrogen-bond acceptors (Lipinski definition) is 2. The lowest BCUT2D eigenvalue weighted by molar-refractivity contribution is -0.138. The standard InChI is InChI=1S/C15H17BrF3NO/c1-2-20-14(13-5-3-4-8-21-13)11-7-6-10(16)9-12(11)15(17,18)19/h5-7,9,14,20H,2-4,8H2,1H3. The lowest BCUT2D eigenvalue weighted by atomic mass is 9.97. The zero-order valence-electron chi connectivity index (χ0n) is 11.6. The van der Waals surface area contributed by atoms with Gasteiger partial charge in [-0.3, -0.25) is 0 Å². The third-order valence-electron chi connectivity index (χ3n) is 3.29. The summed E-state index contributed by atoms with van der Waals surface area (Å²) in [6.45, 7) is 2.97. The summed E-state index contributed by atoms with van der Waals surface area (Å²) in [7, 11) is 0. The Labute approximate surface area is 130 Å². The van der Waals surface area contributed by atoms with E-state index in [1.54, 1.807) is 6.07 Å². The van der Waals surface area contributed by atoms with Gasteiger partial charge in [0, 0.05) is 4.47 Å². The van der Waals surface area contributed by atoms with E-state index >= 15 is 0 Å². The molecule has 116 valence electrons. The number of rotatable bonds is 4. The molecule has 1 aliphatic rings. The van der Waals surface area contributed by atoms with Crippen LogP contribution in [0.4, 0.5) is 13.2 Å². The molecule has 0 spiro atoms. The highest BCUT2D eigenvalue weighted by Crippen LogP contribution is 2.38. The molecule has 0 aliphatic carbocycles. The minimum atomic E-state index is -4.40. The zero-order valence-corrected chi connectivity index (χ0v) is 13.2. The minimum Gasteiger partial charge on any atom is -0.496 e. The summed E-state index contributed by atoms with van der Waals surface area (Å²) < 4.78 is 45.8. The molecular formula is C15H17BrF3NO. The number of likely N-dealkylation sites (N-methyl/N-ethyl adjacent to an activating group) is 1. The van der Waals surface area contributed by atoms with E-state index in [9.17, 15) is 13.2 Å². The van der Waals surface area contributed by atoms with Crippen LogP contribution in [0.15, 0.2) is 34.5 Å². The van der Waals surface area contributed by atoms with Gasteiger partial charge in [0.25, 0.3) is 0 Å². The predicted molar refractivity (Wildman–Crippen MR) is 78.8 cm³/mol. The van der Waals surface area contributed by atoms with Gasteiger partial charge in [0.1, 0.15) is 5.76 Å². The molecule has 1 unspecified atom stereocenters. The largest absolute Gasteiger partial charge is 0.496 e. The average molecular weight is 364 g/mol. The Morgan fingerprint density at radius 1 is 1.38 bits per heavy atom. The van der Waals surface area contributed by atoms with E-state index in [1.165, 1.54) is 6.07 Å². The summed E-state index contributed by atoms with van der Waals surface area (Å²) in [6.07, 6.45) is -0.801. The Morgan fingerprint density at radius 3 is 2.71 bits per heavy atom. The smallest absolute Gasteiger partial charge is 0.416 e. The number of allylic oxidation sites excluding steroid dienone is 1. The van der Waals surface area contributed by atoms with Crippen molar-refractivity contribution in [1.82, 2.24) is 5.32 Å². The van der Waals surface area contributed by atoms with Crippen molar-refractivity contribution in [3.05, 3.63) is 45.6 Å². The third kappa shape index (κ3) is 4.01. The van der Waals surface area contributed by atoms with E-state index in [-0.39, 0.29) is 5.56 Å². The molecule has 0 bridgehead atoms. The quantitative estimate of drug-likeness (QED) is 0.828. The normalized spacial score (nSPS) is 17.1. The molecule has 0 saturated carbocycles. The Kier molecular flexibility index (Phi) is 5.32. The van der Waals surface area contributed by atoms with Gasteiger partial charge in [0.15, 0.2) is 0 Å². The highest BCUT2D eigenvalue weighted by atomic mass is 79.9. The fourth-order valence-corrected chi connectivity index (χ4v) is 2.73. The van der Waals surface area contributed by atoms with Gasteiger partial charge in [-0.2, -0.15) is 13.2 Å². The molecule has 0 fully saturated rings. The Bertz CT molecular complexity index is 528. The Hall–Kier alpha value is -1.01. The second-order valence-corrected chi connectivity index (χ2v) is 5.73. The van der Waals surface area contributed by atoms with E-state index in [0.29, 0.717) is 23.4 Å². The van der Waals surface area contributed by atoms with Crippen LogP contribution in [0.5, 0.6) is 0 Å². The first kappa shape index (κ1) is 16.4. The molecule has 2 nitrogen and oxygen atoms in total. The van der Waals surface area contributed by atoms with E-state index in [4.69, 9.17) is 4.74 Å². The summed E-state index contributed by atoms with van der Waals surface area (Å²) >= 11 is 3.11. The van der Waals surface area contributed by atoms with Gasteiger partial charge >= 0.3 is 6.18 Å². The fraction of sp³-hybridized carbons (Fsp3) is 0.467. The highest BCUT2D eigenvalue weighted by molar-refractivity contribution is 9.10. The lowest BCUT2D eigenvalue weighted by Gasteiger charge is -2.27. The maximum Gasteiger partial charge on any atom is 0.416 e. The molecule has 1 aromatic rings. The van der Waals surface area contributed by atoms with Crippen molar-refractivity contribution in [2.75, 3.05) is 13.2 Å². The molecule has 1 aliphatic heterocycles. The number of nitrogens with one attached hydrogen (secondary N) is 1. The van der Waals surface area contributed by atoms with E-state index in [2.05, 4.69) is 21.2 Å². The molecule has 0 amide bonds. The van der Waals surface area contributed by atoms with Gasteiger partial charge in [0.2, 0.25) is 0 Å². The Balaban J connectivity index is 2.47. The zero-order chi connectivity index (χ0) is 15.5. The minimum absolute atomic E-state index is 0.195. The molecular weight excluding hydrogens is 347 g/mol. The van der Waals surface area contributed by atoms with Crippen LogP contribution < -0.4 is 5.32 Å². The number of ether oxygens (including phenoxy) is 1. The van der Waals surface area contributed by atoms with Crippen molar-refractivity contribution < 1.29 is 17.9 Å². The number of hydrogen-bond donors (Lipinski definition) is 1. The topological polar surface area (TPSA) is 21.3 Å². The molecule has 1 atom stereocenters. The number of alkyl halides is 3. The van der Waals surface area contributed by atoms with Gasteiger partial charge in [-0.1, -0.05) is 28.9 Å². The first-order valence-corrected chi connectivity index (χ1v) is 7.65. The summed E-state index contributed by atoms with van der Waals surface area (Å²) in [5, 5.41) is 3.09. The summed E-state index contributed by atoms with van der Waals surface area (Å²) in [5.41, 5.74) is -0.446. The summed E-state index contributed by atoms with van der Waals surface area (Å²) in [6, 6.07) is 3.67. The van der Waals surface area contributed by atoms with Crippen LogP contribution in [-0.2, 0) is 10.9 Å². The monoisotopic (exact) mass is 363 g/mol. The average Bonchev–Trinajstić information content (AvgIpc) is 2.45. The molecule has 0 radical (unpaired) electrons. The predicted octanol–water partition coefficient (Wildman–Crippen LogP) is 4.81. The van der Waals surface area contributed by atoms with Crippen LogP contribution in [0.2, 0.25) is 0 Å². The van der Waals surface area contributed by atoms with Crippen molar-refractivity contribution in [2.45, 2.75) is 32.0 Å². The van der Waals surface area contributed by atoms with Crippen LogP contribution in [0.3, 0.4) is 0 Å². The van der Waals surface area contributed by atoms with Crippen LogP contribution in [0.25, 0.3) is 0 Å². The van der Waals surface area contributed by atoms with Gasteiger partial charge < -0.3 is 10.1 Å². The molecule has 6 heteroatoms. The number of benzene rings is 1. The van der Waals surface area contributed by atoms with Crippen LogP contribution in [0, 0.1) is 0 Å². The van der Waals surface area contributed by atoms with Crippen molar-refractivity contribution in [3.63, 3.8) is 0 Å². The molecule has 1 heterocycles. The van der Waals surface area contributed by atoms with Crippen molar-refractivity contribution in [1.29, 1.82) is 0 Å². The van der Waals surface area contributed by atoms with Crippen molar-refractivity contribution in [2.24, 2.45) is 0 Å². The van der Waals surface area contributed by atoms with E-state index < -0.39 is 17.8 Å². The van der Waals surface area contributed by atoms with Crippen LogP contribution in [0.1, 0.15) is 36.9 Å². The van der Waals surface area contributed by atoms with E-state index in [0.717, 1.165) is 18.9 Å². The number of halogens is 4. The highest BCUT2D eigenvalue weighted by Gasteiger charge is 2.36. The second kappa shape index (κ2) is 6.83. The van der Waals surface area contributed by atoms with Crippen molar-refractivity contribution in [3.8, 4) is 0 Å². The maximum absolute atomic E-state index is 13.3. The molecule has 1 N–H and O–H groups in total. The van der Waals surface area contributed by atoms with Gasteiger partial charge in [0.05, 0.1) is 18.2 Å². The van der Waals surface area contributed by atoms with E-state index in [1.807, 2.05) is 13.0 Å². The van der Waals surface area contributed by atoms with Gasteiger partial charge in [-0.05, 0) is 43.2 Å². The van der Waals surface area contributed by atoms with Gasteiger partial charge in [-0.25, -0.2) is 0 Å². The SMILES string of the molecule is CCNC(C1=CCCCO1)c1ccc(Br)cc1C(F)(F)F. The second-order valence-electron chi connectivity index (χ2n) is 4.82. The molecule has 0 aromatic heterocycles. The summed E-state index contributed by atoms with van der Waals surface area (Å²) in [5.74, 6) is 0.580. The van der Waals surface area contributed by atoms with Crippen LogP contribution >= 0.6 is 15.9 Å². The van der Waals surface area contributed by atoms with Crippen molar-refractivity contribution >= 4 is 15.9 Å². The first-order valence-electron chi connectivity index (χ1n) is 6.86.